The standard InChI is InChI=1S/C16H13BrN2O3S/c1-9-5-10(2)7-11(6-9)16(20)21-8-14-18-19-15(22-14)12-3-4-13(17)23-12/h3-7H,8H2,1-2H3. The Morgan fingerprint density at radius 1 is 1.22 bits per heavy atom. The Kier molecular flexibility index (Phi) is 4.58. The number of ether oxygens (including phenoxy) is 1. The molecule has 23 heavy (non-hydrogen) atoms. The van der Waals surface area contributed by atoms with Gasteiger partial charge in [0.25, 0.3) is 11.8 Å². The number of rotatable bonds is 4. The number of hydrogen-bond acceptors (Lipinski definition) is 6. The van der Waals surface area contributed by atoms with E-state index in [0.717, 1.165) is 19.8 Å². The normalized spacial score (nSPS) is 10.7. The van der Waals surface area contributed by atoms with Gasteiger partial charge in [0, 0.05) is 0 Å². The summed E-state index contributed by atoms with van der Waals surface area (Å²) in [6.45, 7) is 3.83. The third-order valence-corrected chi connectivity index (χ3v) is 4.65. The molecule has 0 spiro atoms. The Balaban J connectivity index is 1.66. The molecule has 0 atom stereocenters. The summed E-state index contributed by atoms with van der Waals surface area (Å²) in [5.74, 6) is 0.274. The van der Waals surface area contributed by atoms with Gasteiger partial charge in [-0.3, -0.25) is 0 Å². The fourth-order valence-corrected chi connectivity index (χ4v) is 3.45. The highest BCUT2D eigenvalue weighted by Gasteiger charge is 2.14. The highest BCUT2D eigenvalue weighted by atomic mass is 79.9. The van der Waals surface area contributed by atoms with Crippen LogP contribution in [0.5, 0.6) is 0 Å². The van der Waals surface area contributed by atoms with Gasteiger partial charge in [0.2, 0.25) is 0 Å². The van der Waals surface area contributed by atoms with Gasteiger partial charge in [0.15, 0.2) is 6.61 Å². The lowest BCUT2D eigenvalue weighted by molar-refractivity contribution is 0.0438. The van der Waals surface area contributed by atoms with E-state index in [-0.39, 0.29) is 12.5 Å². The maximum absolute atomic E-state index is 12.1. The second kappa shape index (κ2) is 6.64. The minimum atomic E-state index is -0.407. The van der Waals surface area contributed by atoms with E-state index in [2.05, 4.69) is 26.1 Å². The first-order chi connectivity index (χ1) is 11.0. The number of carbonyl (C=O) groups excluding carboxylic acids is 1. The van der Waals surface area contributed by atoms with Crippen LogP contribution >= 0.6 is 27.3 Å². The lowest BCUT2D eigenvalue weighted by atomic mass is 10.1. The number of esters is 1. The Morgan fingerprint density at radius 2 is 1.96 bits per heavy atom. The number of thiophene rings is 1. The van der Waals surface area contributed by atoms with Crippen molar-refractivity contribution in [3.63, 3.8) is 0 Å². The molecule has 0 aliphatic carbocycles. The van der Waals surface area contributed by atoms with Gasteiger partial charge in [-0.1, -0.05) is 17.2 Å². The van der Waals surface area contributed by atoms with E-state index in [9.17, 15) is 4.79 Å². The maximum atomic E-state index is 12.1. The number of benzene rings is 1. The highest BCUT2D eigenvalue weighted by Crippen LogP contribution is 2.30. The monoisotopic (exact) mass is 392 g/mol. The molecule has 0 aliphatic rings. The minimum Gasteiger partial charge on any atom is -0.452 e. The van der Waals surface area contributed by atoms with Gasteiger partial charge in [-0.15, -0.1) is 21.5 Å². The molecule has 118 valence electrons. The summed E-state index contributed by atoms with van der Waals surface area (Å²) in [6, 6.07) is 9.37. The van der Waals surface area contributed by atoms with Gasteiger partial charge in [-0.2, -0.15) is 0 Å². The van der Waals surface area contributed by atoms with Crippen molar-refractivity contribution < 1.29 is 13.9 Å². The molecule has 0 fully saturated rings. The van der Waals surface area contributed by atoms with Crippen LogP contribution in [0.1, 0.15) is 27.4 Å². The largest absolute Gasteiger partial charge is 0.452 e. The lowest BCUT2D eigenvalue weighted by Crippen LogP contribution is -2.06. The lowest BCUT2D eigenvalue weighted by Gasteiger charge is -2.04. The molecular formula is C16H13BrN2O3S. The molecule has 0 bridgehead atoms. The first-order valence-electron chi connectivity index (χ1n) is 6.85. The minimum absolute atomic E-state index is 0.0502. The van der Waals surface area contributed by atoms with Crippen molar-refractivity contribution in [2.45, 2.75) is 20.5 Å². The third-order valence-electron chi connectivity index (χ3n) is 3.03. The van der Waals surface area contributed by atoms with Gasteiger partial charge in [0.05, 0.1) is 14.2 Å². The fourth-order valence-electron chi connectivity index (χ4n) is 2.14. The zero-order valence-electron chi connectivity index (χ0n) is 12.5. The van der Waals surface area contributed by atoms with Crippen LogP contribution < -0.4 is 0 Å². The molecule has 7 heteroatoms. The summed E-state index contributed by atoms with van der Waals surface area (Å²) in [6.07, 6.45) is 0. The van der Waals surface area contributed by atoms with E-state index >= 15 is 0 Å². The first-order valence-corrected chi connectivity index (χ1v) is 8.46. The van der Waals surface area contributed by atoms with Crippen LogP contribution in [0.2, 0.25) is 0 Å². The first kappa shape index (κ1) is 15.9. The fraction of sp³-hybridized carbons (Fsp3) is 0.188. The van der Waals surface area contributed by atoms with Crippen LogP contribution in [0.25, 0.3) is 10.8 Å². The van der Waals surface area contributed by atoms with E-state index in [0.29, 0.717) is 11.5 Å². The van der Waals surface area contributed by atoms with Crippen molar-refractivity contribution in [2.24, 2.45) is 0 Å². The SMILES string of the molecule is Cc1cc(C)cc(C(=O)OCc2nnc(-c3ccc(Br)s3)o2)c1. The third kappa shape index (κ3) is 3.86. The van der Waals surface area contributed by atoms with Crippen molar-refractivity contribution in [1.29, 1.82) is 0 Å². The molecule has 0 N–H and O–H groups in total. The predicted octanol–water partition coefficient (Wildman–Crippen LogP) is 4.53. The van der Waals surface area contributed by atoms with E-state index in [1.165, 1.54) is 11.3 Å². The molecule has 1 aromatic carbocycles. The summed E-state index contributed by atoms with van der Waals surface area (Å²) < 4.78 is 11.7. The van der Waals surface area contributed by atoms with Crippen molar-refractivity contribution in [1.82, 2.24) is 10.2 Å². The molecule has 0 radical (unpaired) electrons. The second-order valence-corrected chi connectivity index (χ2v) is 7.52. The molecule has 0 saturated carbocycles. The zero-order valence-corrected chi connectivity index (χ0v) is 14.9. The van der Waals surface area contributed by atoms with Crippen LogP contribution in [0.15, 0.2) is 38.5 Å². The van der Waals surface area contributed by atoms with Crippen molar-refractivity contribution in [3.05, 3.63) is 56.7 Å². The molecule has 3 aromatic rings. The van der Waals surface area contributed by atoms with Crippen LogP contribution in [0.4, 0.5) is 0 Å². The zero-order chi connectivity index (χ0) is 16.4. The quantitative estimate of drug-likeness (QED) is 0.609. The molecule has 0 saturated heterocycles. The van der Waals surface area contributed by atoms with Gasteiger partial charge in [-0.05, 0) is 54.0 Å². The van der Waals surface area contributed by atoms with E-state index < -0.39 is 5.97 Å². The molecule has 0 unspecified atom stereocenters. The molecule has 0 aliphatic heterocycles. The average molecular weight is 393 g/mol. The Bertz CT molecular complexity index is 836. The van der Waals surface area contributed by atoms with E-state index in [1.807, 2.05) is 32.0 Å². The molecule has 3 rings (SSSR count). The van der Waals surface area contributed by atoms with Crippen LogP contribution in [0, 0.1) is 13.8 Å². The van der Waals surface area contributed by atoms with Crippen molar-refractivity contribution in [3.8, 4) is 10.8 Å². The number of aromatic nitrogens is 2. The Morgan fingerprint density at radius 3 is 2.61 bits per heavy atom. The van der Waals surface area contributed by atoms with Gasteiger partial charge in [0.1, 0.15) is 0 Å². The van der Waals surface area contributed by atoms with E-state index in [1.54, 1.807) is 12.1 Å². The smallest absolute Gasteiger partial charge is 0.338 e. The molecule has 2 heterocycles. The van der Waals surface area contributed by atoms with Gasteiger partial charge < -0.3 is 9.15 Å². The van der Waals surface area contributed by atoms with Gasteiger partial charge >= 0.3 is 5.97 Å². The maximum Gasteiger partial charge on any atom is 0.338 e. The van der Waals surface area contributed by atoms with Crippen LogP contribution in [-0.4, -0.2) is 16.2 Å². The molecular weight excluding hydrogens is 380 g/mol. The van der Waals surface area contributed by atoms with Gasteiger partial charge in [-0.25, -0.2) is 4.79 Å². The number of hydrogen-bond donors (Lipinski definition) is 0. The number of aryl methyl sites for hydroxylation is 2. The summed E-state index contributed by atoms with van der Waals surface area (Å²) >= 11 is 4.87. The topological polar surface area (TPSA) is 65.2 Å². The summed E-state index contributed by atoms with van der Waals surface area (Å²) in [4.78, 5) is 12.9. The molecule has 0 amide bonds. The van der Waals surface area contributed by atoms with E-state index in [4.69, 9.17) is 9.15 Å². The number of carbonyl (C=O) groups is 1. The second-order valence-electron chi connectivity index (χ2n) is 5.06. The van der Waals surface area contributed by atoms with Crippen molar-refractivity contribution >= 4 is 33.2 Å². The number of halogens is 1. The van der Waals surface area contributed by atoms with Crippen LogP contribution in [-0.2, 0) is 11.3 Å². The van der Waals surface area contributed by atoms with Crippen LogP contribution in [0.3, 0.4) is 0 Å². The van der Waals surface area contributed by atoms with Crippen molar-refractivity contribution in [2.75, 3.05) is 0 Å². The average Bonchev–Trinajstić information content (AvgIpc) is 3.12. The molecule has 5 nitrogen and oxygen atoms in total. The summed E-state index contributed by atoms with van der Waals surface area (Å²) in [5.41, 5.74) is 2.55. The predicted molar refractivity (Wildman–Crippen MR) is 90.3 cm³/mol. The highest BCUT2D eigenvalue weighted by molar-refractivity contribution is 9.11. The summed E-state index contributed by atoms with van der Waals surface area (Å²) in [7, 11) is 0. The molecule has 2 aromatic heterocycles. The summed E-state index contributed by atoms with van der Waals surface area (Å²) in [5, 5.41) is 7.86. The Labute approximate surface area is 145 Å². The Hall–Kier alpha value is -1.99. The number of nitrogens with zero attached hydrogens (tertiary/aromatic N) is 2.